The molecule has 0 saturated heterocycles. The van der Waals surface area contributed by atoms with E-state index in [1.165, 1.54) is 11.1 Å². The molecule has 0 spiro atoms. The number of nitrogens with zero attached hydrogens (tertiary/aromatic N) is 1. The van der Waals surface area contributed by atoms with E-state index in [4.69, 9.17) is 0 Å². The maximum atomic E-state index is 13.2. The lowest BCUT2D eigenvalue weighted by Crippen LogP contribution is -2.39. The molecular weight excluding hydrogens is 270 g/mol. The molecule has 22 heavy (non-hydrogen) atoms. The molecule has 1 amide bonds. The van der Waals surface area contributed by atoms with Crippen molar-refractivity contribution >= 4 is 11.6 Å². The molecule has 2 aromatic rings. The van der Waals surface area contributed by atoms with Gasteiger partial charge in [0.1, 0.15) is 5.41 Å². The second-order valence-corrected chi connectivity index (χ2v) is 6.16. The molecule has 0 saturated carbocycles. The first-order valence-corrected chi connectivity index (χ1v) is 7.58. The van der Waals surface area contributed by atoms with Crippen LogP contribution in [0.25, 0.3) is 0 Å². The highest BCUT2D eigenvalue weighted by atomic mass is 16.2. The van der Waals surface area contributed by atoms with Crippen molar-refractivity contribution in [3.63, 3.8) is 0 Å². The van der Waals surface area contributed by atoms with Crippen LogP contribution < -0.4 is 4.90 Å². The van der Waals surface area contributed by atoms with Gasteiger partial charge in [0.2, 0.25) is 5.91 Å². The zero-order valence-corrected chi connectivity index (χ0v) is 13.4. The highest BCUT2D eigenvalue weighted by molar-refractivity contribution is 6.10. The Morgan fingerprint density at radius 2 is 1.77 bits per heavy atom. The normalized spacial score (nSPS) is 20.1. The molecule has 0 fully saturated rings. The second kappa shape index (κ2) is 5.13. The molecule has 0 N–H and O–H groups in total. The van der Waals surface area contributed by atoms with Gasteiger partial charge >= 0.3 is 0 Å². The Labute approximate surface area is 132 Å². The van der Waals surface area contributed by atoms with Crippen molar-refractivity contribution in [1.29, 1.82) is 0 Å². The van der Waals surface area contributed by atoms with Gasteiger partial charge in [0.25, 0.3) is 0 Å². The molecular formula is C20H21NO. The summed E-state index contributed by atoms with van der Waals surface area (Å²) < 4.78 is 0. The van der Waals surface area contributed by atoms with Gasteiger partial charge in [0.05, 0.1) is 0 Å². The Kier molecular flexibility index (Phi) is 3.40. The smallest absolute Gasteiger partial charge is 0.242 e. The molecule has 0 bridgehead atoms. The zero-order valence-electron chi connectivity index (χ0n) is 13.4. The van der Waals surface area contributed by atoms with Crippen LogP contribution in [0.5, 0.6) is 0 Å². The minimum Gasteiger partial charge on any atom is -0.314 e. The maximum absolute atomic E-state index is 13.2. The Bertz CT molecular complexity index is 742. The molecule has 0 aliphatic carbocycles. The summed E-state index contributed by atoms with van der Waals surface area (Å²) in [4.78, 5) is 14.9. The highest BCUT2D eigenvalue weighted by Gasteiger charge is 2.50. The van der Waals surface area contributed by atoms with Gasteiger partial charge in [-0.2, -0.15) is 0 Å². The number of carbonyl (C=O) groups excluding carboxylic acids is 1. The molecule has 0 unspecified atom stereocenters. The number of benzene rings is 2. The number of hydrogen-bond donors (Lipinski definition) is 0. The van der Waals surface area contributed by atoms with E-state index in [0.29, 0.717) is 6.42 Å². The molecule has 2 aromatic carbocycles. The monoisotopic (exact) mass is 291 g/mol. The predicted molar refractivity (Wildman–Crippen MR) is 91.4 cm³/mol. The van der Waals surface area contributed by atoms with E-state index in [1.54, 1.807) is 4.90 Å². The number of fused-ring (bicyclic) bond motifs is 1. The number of anilines is 1. The molecule has 1 aliphatic rings. The van der Waals surface area contributed by atoms with Crippen molar-refractivity contribution in [2.24, 2.45) is 0 Å². The Morgan fingerprint density at radius 1 is 1.14 bits per heavy atom. The van der Waals surface area contributed by atoms with Crippen LogP contribution in [0.4, 0.5) is 5.69 Å². The third-order valence-electron chi connectivity index (χ3n) is 4.56. The summed E-state index contributed by atoms with van der Waals surface area (Å²) in [5.41, 5.74) is 4.84. The van der Waals surface area contributed by atoms with Crippen molar-refractivity contribution in [3.05, 3.63) is 77.4 Å². The van der Waals surface area contributed by atoms with Crippen LogP contribution in [0, 0.1) is 13.8 Å². The van der Waals surface area contributed by atoms with Crippen LogP contribution in [0.3, 0.4) is 0 Å². The minimum absolute atomic E-state index is 0.124. The van der Waals surface area contributed by atoms with Gasteiger partial charge < -0.3 is 4.90 Å². The fraction of sp³-hybridized carbons (Fsp3) is 0.250. The predicted octanol–water partition coefficient (Wildman–Crippen LogP) is 4.14. The van der Waals surface area contributed by atoms with E-state index < -0.39 is 5.41 Å². The third kappa shape index (κ3) is 1.91. The lowest BCUT2D eigenvalue weighted by molar-refractivity contribution is -0.121. The van der Waals surface area contributed by atoms with E-state index in [1.807, 2.05) is 31.3 Å². The van der Waals surface area contributed by atoms with E-state index in [2.05, 4.69) is 44.7 Å². The second-order valence-electron chi connectivity index (χ2n) is 6.16. The quantitative estimate of drug-likeness (QED) is 0.778. The summed E-state index contributed by atoms with van der Waals surface area (Å²) in [6, 6.07) is 14.5. The van der Waals surface area contributed by atoms with Gasteiger partial charge in [-0.05, 0) is 37.5 Å². The first kappa shape index (κ1) is 14.6. The fourth-order valence-electron chi connectivity index (χ4n) is 3.67. The molecule has 3 rings (SSSR count). The number of aryl methyl sites for hydroxylation is 2. The molecule has 2 nitrogen and oxygen atoms in total. The number of allylic oxidation sites excluding steroid dienone is 1. The van der Waals surface area contributed by atoms with Gasteiger partial charge in [-0.1, -0.05) is 53.6 Å². The first-order valence-electron chi connectivity index (χ1n) is 7.58. The topological polar surface area (TPSA) is 20.3 Å². The van der Waals surface area contributed by atoms with E-state index in [0.717, 1.165) is 16.8 Å². The van der Waals surface area contributed by atoms with Gasteiger partial charge in [0, 0.05) is 12.7 Å². The van der Waals surface area contributed by atoms with Gasteiger partial charge in [-0.25, -0.2) is 0 Å². The minimum atomic E-state index is -0.649. The number of carbonyl (C=O) groups is 1. The molecule has 1 aliphatic heterocycles. The van der Waals surface area contributed by atoms with Crippen LogP contribution in [0.1, 0.15) is 28.7 Å². The van der Waals surface area contributed by atoms with E-state index in [-0.39, 0.29) is 5.91 Å². The number of para-hydroxylation sites is 1. The summed E-state index contributed by atoms with van der Waals surface area (Å²) in [5.74, 6) is 0.124. The Morgan fingerprint density at radius 3 is 2.41 bits per heavy atom. The number of likely N-dealkylation sites (N-methyl/N-ethyl adjacent to an activating group) is 1. The van der Waals surface area contributed by atoms with Crippen molar-refractivity contribution < 1.29 is 4.79 Å². The standard InChI is InChI=1S/C20H21NO/c1-5-10-20(16-12-14(2)11-15(3)13-16)17-8-6-7-9-18(17)21(4)19(20)22/h5-9,11-13H,1,10H2,2-4H3/t20-/m1/s1. The average Bonchev–Trinajstić information content (AvgIpc) is 2.70. The Balaban J connectivity index is 2.34. The average molecular weight is 291 g/mol. The molecule has 0 radical (unpaired) electrons. The fourth-order valence-corrected chi connectivity index (χ4v) is 3.67. The van der Waals surface area contributed by atoms with Gasteiger partial charge in [-0.3, -0.25) is 4.79 Å². The molecule has 0 aromatic heterocycles. The first-order chi connectivity index (χ1) is 10.5. The van der Waals surface area contributed by atoms with E-state index >= 15 is 0 Å². The summed E-state index contributed by atoms with van der Waals surface area (Å²) in [6.07, 6.45) is 2.46. The van der Waals surface area contributed by atoms with Crippen LogP contribution >= 0.6 is 0 Å². The van der Waals surface area contributed by atoms with Gasteiger partial charge in [-0.15, -0.1) is 6.58 Å². The highest BCUT2D eigenvalue weighted by Crippen LogP contribution is 2.48. The number of rotatable bonds is 3. The zero-order chi connectivity index (χ0) is 15.9. The molecule has 112 valence electrons. The van der Waals surface area contributed by atoms with Gasteiger partial charge in [0.15, 0.2) is 0 Å². The third-order valence-corrected chi connectivity index (χ3v) is 4.56. The summed E-state index contributed by atoms with van der Waals surface area (Å²) in [7, 11) is 1.86. The maximum Gasteiger partial charge on any atom is 0.242 e. The summed E-state index contributed by atoms with van der Waals surface area (Å²) in [5, 5.41) is 0. The van der Waals surface area contributed by atoms with Crippen molar-refractivity contribution in [1.82, 2.24) is 0 Å². The van der Waals surface area contributed by atoms with E-state index in [9.17, 15) is 4.79 Å². The lowest BCUT2D eigenvalue weighted by atomic mass is 9.72. The lowest BCUT2D eigenvalue weighted by Gasteiger charge is -2.28. The van der Waals surface area contributed by atoms with Crippen LogP contribution in [-0.4, -0.2) is 13.0 Å². The number of hydrogen-bond acceptors (Lipinski definition) is 1. The largest absolute Gasteiger partial charge is 0.314 e. The molecule has 1 heterocycles. The summed E-state index contributed by atoms with van der Waals surface area (Å²) >= 11 is 0. The van der Waals surface area contributed by atoms with Crippen LogP contribution in [0.2, 0.25) is 0 Å². The SMILES string of the molecule is C=CC[C@]1(c2cc(C)cc(C)c2)C(=O)N(C)c2ccccc21. The Hall–Kier alpha value is -2.35. The summed E-state index contributed by atoms with van der Waals surface area (Å²) in [6.45, 7) is 8.05. The number of amides is 1. The molecule has 1 atom stereocenters. The van der Waals surface area contributed by atoms with Crippen molar-refractivity contribution in [3.8, 4) is 0 Å². The van der Waals surface area contributed by atoms with Crippen molar-refractivity contribution in [2.75, 3.05) is 11.9 Å². The van der Waals surface area contributed by atoms with Crippen molar-refractivity contribution in [2.45, 2.75) is 25.7 Å². The molecule has 2 heteroatoms. The van der Waals surface area contributed by atoms with Crippen LogP contribution in [-0.2, 0) is 10.2 Å². The van der Waals surface area contributed by atoms with Crippen LogP contribution in [0.15, 0.2) is 55.1 Å².